The average molecular weight is 363 g/mol. The highest BCUT2D eigenvalue weighted by Crippen LogP contribution is 2.25. The smallest absolute Gasteiger partial charge is 0.313 e. The second-order valence-corrected chi connectivity index (χ2v) is 7.31. The van der Waals surface area contributed by atoms with Crippen LogP contribution in [0.1, 0.15) is 17.5 Å². The first-order chi connectivity index (χ1) is 13.2. The van der Waals surface area contributed by atoms with Gasteiger partial charge in [0.15, 0.2) is 0 Å². The Morgan fingerprint density at radius 2 is 1.52 bits per heavy atom. The molecule has 5 heteroatoms. The van der Waals surface area contributed by atoms with Crippen molar-refractivity contribution in [1.29, 1.82) is 0 Å². The predicted molar refractivity (Wildman–Crippen MR) is 105 cm³/mol. The van der Waals surface area contributed by atoms with E-state index in [1.807, 2.05) is 18.2 Å². The topological polar surface area (TPSA) is 52.7 Å². The van der Waals surface area contributed by atoms with Crippen LogP contribution < -0.4 is 5.32 Å². The SMILES string of the molecule is O=C(Nc1ccccc1)C(=O)N1CCN([C@@H]2CCc3ccccc3C2)CC1. The molecular formula is C22H25N3O2. The number of hydrogen-bond acceptors (Lipinski definition) is 3. The number of para-hydroxylation sites is 1. The van der Waals surface area contributed by atoms with Crippen molar-refractivity contribution in [2.24, 2.45) is 0 Å². The van der Waals surface area contributed by atoms with Crippen molar-refractivity contribution in [3.63, 3.8) is 0 Å². The third-order valence-corrected chi connectivity index (χ3v) is 5.66. The monoisotopic (exact) mass is 363 g/mol. The number of rotatable bonds is 2. The number of anilines is 1. The van der Waals surface area contributed by atoms with Crippen molar-refractivity contribution in [1.82, 2.24) is 9.80 Å². The van der Waals surface area contributed by atoms with E-state index in [-0.39, 0.29) is 0 Å². The van der Waals surface area contributed by atoms with Crippen molar-refractivity contribution >= 4 is 17.5 Å². The van der Waals surface area contributed by atoms with Gasteiger partial charge in [0.25, 0.3) is 0 Å². The van der Waals surface area contributed by atoms with Gasteiger partial charge in [-0.1, -0.05) is 42.5 Å². The number of piperazine rings is 1. The normalized spacial score (nSPS) is 20.0. The minimum Gasteiger partial charge on any atom is -0.332 e. The highest BCUT2D eigenvalue weighted by atomic mass is 16.2. The standard InChI is InChI=1S/C22H25N3O2/c26-21(23-19-8-2-1-3-9-19)22(27)25-14-12-24(13-15-25)20-11-10-17-6-4-5-7-18(17)16-20/h1-9,20H,10-16H2,(H,23,26)/t20-/m1/s1. The highest BCUT2D eigenvalue weighted by Gasteiger charge is 2.30. The molecule has 0 radical (unpaired) electrons. The third-order valence-electron chi connectivity index (χ3n) is 5.66. The Kier molecular flexibility index (Phi) is 5.21. The first-order valence-corrected chi connectivity index (χ1v) is 9.67. The Morgan fingerprint density at radius 3 is 2.26 bits per heavy atom. The van der Waals surface area contributed by atoms with E-state index in [2.05, 4.69) is 34.5 Å². The van der Waals surface area contributed by atoms with Crippen LogP contribution in [0.2, 0.25) is 0 Å². The predicted octanol–water partition coefficient (Wildman–Crippen LogP) is 2.33. The Labute approximate surface area is 160 Å². The average Bonchev–Trinajstić information content (AvgIpc) is 2.73. The fraction of sp³-hybridized carbons (Fsp3) is 0.364. The summed E-state index contributed by atoms with van der Waals surface area (Å²) in [6.45, 7) is 2.88. The van der Waals surface area contributed by atoms with Crippen LogP contribution in [-0.2, 0) is 22.4 Å². The van der Waals surface area contributed by atoms with E-state index >= 15 is 0 Å². The molecule has 2 aromatic rings. The maximum absolute atomic E-state index is 12.4. The summed E-state index contributed by atoms with van der Waals surface area (Å²) in [7, 11) is 0. The molecular weight excluding hydrogens is 338 g/mol. The van der Waals surface area contributed by atoms with Gasteiger partial charge in [-0.05, 0) is 42.5 Å². The number of nitrogens with one attached hydrogen (secondary N) is 1. The van der Waals surface area contributed by atoms with Gasteiger partial charge in [0.05, 0.1) is 0 Å². The largest absolute Gasteiger partial charge is 0.332 e. The molecule has 0 bridgehead atoms. The molecule has 2 aromatic carbocycles. The molecule has 1 atom stereocenters. The Morgan fingerprint density at radius 1 is 0.852 bits per heavy atom. The summed E-state index contributed by atoms with van der Waals surface area (Å²) in [6, 6.07) is 18.3. The second-order valence-electron chi connectivity index (χ2n) is 7.31. The maximum atomic E-state index is 12.4. The molecule has 1 fully saturated rings. The number of benzene rings is 2. The third kappa shape index (κ3) is 4.03. The highest BCUT2D eigenvalue weighted by molar-refractivity contribution is 6.39. The van der Waals surface area contributed by atoms with Crippen LogP contribution >= 0.6 is 0 Å². The lowest BCUT2D eigenvalue weighted by Crippen LogP contribution is -2.54. The van der Waals surface area contributed by atoms with Gasteiger partial charge in [-0.2, -0.15) is 0 Å². The molecule has 1 aliphatic heterocycles. The van der Waals surface area contributed by atoms with Gasteiger partial charge in [0, 0.05) is 37.9 Å². The van der Waals surface area contributed by atoms with E-state index < -0.39 is 11.8 Å². The van der Waals surface area contributed by atoms with Gasteiger partial charge < -0.3 is 10.2 Å². The fourth-order valence-corrected chi connectivity index (χ4v) is 4.13. The van der Waals surface area contributed by atoms with Crippen molar-refractivity contribution in [3.8, 4) is 0 Å². The molecule has 1 N–H and O–H groups in total. The number of carbonyl (C=O) groups is 2. The molecule has 140 valence electrons. The van der Waals surface area contributed by atoms with Crippen LogP contribution in [0.25, 0.3) is 0 Å². The van der Waals surface area contributed by atoms with Gasteiger partial charge in [-0.15, -0.1) is 0 Å². The summed E-state index contributed by atoms with van der Waals surface area (Å²) in [5.74, 6) is -0.992. The zero-order valence-corrected chi connectivity index (χ0v) is 15.4. The molecule has 27 heavy (non-hydrogen) atoms. The van der Waals surface area contributed by atoms with Gasteiger partial charge >= 0.3 is 11.8 Å². The second kappa shape index (κ2) is 7.92. The molecule has 0 saturated carbocycles. The minimum absolute atomic E-state index is 0.438. The summed E-state index contributed by atoms with van der Waals surface area (Å²) in [5.41, 5.74) is 3.57. The quantitative estimate of drug-likeness (QED) is 0.833. The molecule has 0 aromatic heterocycles. The van der Waals surface area contributed by atoms with Gasteiger partial charge in [-0.25, -0.2) is 0 Å². The number of nitrogens with zero attached hydrogens (tertiary/aromatic N) is 2. The van der Waals surface area contributed by atoms with Crippen LogP contribution in [0.15, 0.2) is 54.6 Å². The van der Waals surface area contributed by atoms with Gasteiger partial charge in [0.1, 0.15) is 0 Å². The lowest BCUT2D eigenvalue weighted by molar-refractivity contribution is -0.144. The summed E-state index contributed by atoms with van der Waals surface area (Å²) in [5, 5.41) is 2.68. The van der Waals surface area contributed by atoms with Crippen molar-refractivity contribution in [2.45, 2.75) is 25.3 Å². The van der Waals surface area contributed by atoms with Crippen LogP contribution in [0.5, 0.6) is 0 Å². The fourth-order valence-electron chi connectivity index (χ4n) is 4.13. The Bertz CT molecular complexity index is 813. The molecule has 5 nitrogen and oxygen atoms in total. The number of carbonyl (C=O) groups excluding carboxylic acids is 2. The van der Waals surface area contributed by atoms with Gasteiger partial charge in [0.2, 0.25) is 0 Å². The Balaban J connectivity index is 1.30. The number of amides is 2. The molecule has 0 spiro atoms. The van der Waals surface area contributed by atoms with Crippen LogP contribution in [0, 0.1) is 0 Å². The van der Waals surface area contributed by atoms with Crippen LogP contribution in [0.3, 0.4) is 0 Å². The van der Waals surface area contributed by atoms with Crippen LogP contribution in [-0.4, -0.2) is 53.8 Å². The molecule has 1 saturated heterocycles. The lowest BCUT2D eigenvalue weighted by atomic mass is 9.87. The van der Waals surface area contributed by atoms with Crippen LogP contribution in [0.4, 0.5) is 5.69 Å². The van der Waals surface area contributed by atoms with E-state index in [4.69, 9.17) is 0 Å². The van der Waals surface area contributed by atoms with Crippen molar-refractivity contribution < 1.29 is 9.59 Å². The van der Waals surface area contributed by atoms with Crippen molar-refractivity contribution in [3.05, 3.63) is 65.7 Å². The molecule has 2 amide bonds. The summed E-state index contributed by atoms with van der Waals surface area (Å²) >= 11 is 0. The number of fused-ring (bicyclic) bond motifs is 1. The van der Waals surface area contributed by atoms with Gasteiger partial charge in [-0.3, -0.25) is 14.5 Å². The molecule has 2 aliphatic rings. The zero-order chi connectivity index (χ0) is 18.6. The van der Waals surface area contributed by atoms with E-state index in [0.29, 0.717) is 24.8 Å². The summed E-state index contributed by atoms with van der Waals surface area (Å²) in [4.78, 5) is 28.8. The molecule has 1 heterocycles. The first-order valence-electron chi connectivity index (χ1n) is 9.67. The molecule has 4 rings (SSSR count). The Hall–Kier alpha value is -2.66. The van der Waals surface area contributed by atoms with E-state index in [0.717, 1.165) is 25.9 Å². The number of aryl methyl sites for hydroxylation is 1. The number of hydrogen-bond donors (Lipinski definition) is 1. The lowest BCUT2D eigenvalue weighted by Gasteiger charge is -2.40. The molecule has 0 unspecified atom stereocenters. The summed E-state index contributed by atoms with van der Waals surface area (Å²) < 4.78 is 0. The van der Waals surface area contributed by atoms with E-state index in [9.17, 15) is 9.59 Å². The minimum atomic E-state index is -0.554. The maximum Gasteiger partial charge on any atom is 0.313 e. The summed E-state index contributed by atoms with van der Waals surface area (Å²) in [6.07, 6.45) is 3.37. The van der Waals surface area contributed by atoms with E-state index in [1.165, 1.54) is 17.5 Å². The first kappa shape index (κ1) is 17.7. The van der Waals surface area contributed by atoms with E-state index in [1.54, 1.807) is 17.0 Å². The zero-order valence-electron chi connectivity index (χ0n) is 15.4. The molecule has 1 aliphatic carbocycles. The van der Waals surface area contributed by atoms with Crippen molar-refractivity contribution in [2.75, 3.05) is 31.5 Å².